The second-order valence-electron chi connectivity index (χ2n) is 5.62. The van der Waals surface area contributed by atoms with Gasteiger partial charge in [0.15, 0.2) is 0 Å². The van der Waals surface area contributed by atoms with Gasteiger partial charge in [-0.3, -0.25) is 0 Å². The van der Waals surface area contributed by atoms with Crippen molar-refractivity contribution in [2.75, 3.05) is 20.1 Å². The van der Waals surface area contributed by atoms with Crippen molar-refractivity contribution in [3.8, 4) is 0 Å². The molecule has 0 heterocycles. The van der Waals surface area contributed by atoms with Crippen LogP contribution in [0.1, 0.15) is 31.4 Å². The minimum absolute atomic E-state index is 0.163. The van der Waals surface area contributed by atoms with Crippen LogP contribution in [-0.4, -0.2) is 30.0 Å². The molecule has 0 saturated heterocycles. The van der Waals surface area contributed by atoms with E-state index in [2.05, 4.69) is 50.1 Å². The Morgan fingerprint density at radius 1 is 1.40 bits per heavy atom. The SMILES string of the molecule is CCN(C)CCC1=C(C(C)C(N)=S)c2ccccc2C1. The molecule has 1 aliphatic carbocycles. The summed E-state index contributed by atoms with van der Waals surface area (Å²) in [7, 11) is 2.17. The molecule has 0 radical (unpaired) electrons. The molecule has 1 aromatic carbocycles. The van der Waals surface area contributed by atoms with Gasteiger partial charge in [-0.2, -0.15) is 0 Å². The Hall–Kier alpha value is -1.19. The zero-order chi connectivity index (χ0) is 14.7. The van der Waals surface area contributed by atoms with Crippen molar-refractivity contribution < 1.29 is 0 Å². The van der Waals surface area contributed by atoms with E-state index in [9.17, 15) is 0 Å². The molecule has 1 atom stereocenters. The van der Waals surface area contributed by atoms with Crippen LogP contribution in [0.3, 0.4) is 0 Å². The Bertz CT molecular complexity index is 534. The molecule has 0 aliphatic heterocycles. The molecule has 2 nitrogen and oxygen atoms in total. The van der Waals surface area contributed by atoms with E-state index >= 15 is 0 Å². The molecular weight excluding hydrogens is 264 g/mol. The smallest absolute Gasteiger partial charge is 0.0800 e. The molecule has 0 aromatic heterocycles. The highest BCUT2D eigenvalue weighted by Crippen LogP contribution is 2.39. The zero-order valence-corrected chi connectivity index (χ0v) is 13.5. The van der Waals surface area contributed by atoms with Gasteiger partial charge in [0.25, 0.3) is 0 Å². The highest BCUT2D eigenvalue weighted by atomic mass is 32.1. The number of rotatable bonds is 6. The molecule has 3 heteroatoms. The summed E-state index contributed by atoms with van der Waals surface area (Å²) in [4.78, 5) is 2.94. The lowest BCUT2D eigenvalue weighted by molar-refractivity contribution is 0.356. The first-order valence-electron chi connectivity index (χ1n) is 7.32. The first kappa shape index (κ1) is 15.2. The molecule has 2 N–H and O–H groups in total. The van der Waals surface area contributed by atoms with Gasteiger partial charge in [-0.25, -0.2) is 0 Å². The van der Waals surface area contributed by atoms with Gasteiger partial charge in [0.2, 0.25) is 0 Å². The Kier molecular flexibility index (Phi) is 4.95. The van der Waals surface area contributed by atoms with Gasteiger partial charge in [0.05, 0.1) is 4.99 Å². The van der Waals surface area contributed by atoms with Crippen molar-refractivity contribution in [2.24, 2.45) is 11.7 Å². The van der Waals surface area contributed by atoms with Gasteiger partial charge >= 0.3 is 0 Å². The first-order chi connectivity index (χ1) is 9.54. The standard InChI is InChI=1S/C17H24N2S/c1-4-19(3)10-9-14-11-13-7-5-6-8-15(13)16(14)12(2)17(18)20/h5-8,12H,4,9-11H2,1-3H3,(H2,18,20). The van der Waals surface area contributed by atoms with Crippen LogP contribution in [0.2, 0.25) is 0 Å². The van der Waals surface area contributed by atoms with Crippen LogP contribution in [-0.2, 0) is 6.42 Å². The Morgan fingerprint density at radius 2 is 2.10 bits per heavy atom. The number of nitrogens with zero attached hydrogens (tertiary/aromatic N) is 1. The van der Waals surface area contributed by atoms with Crippen LogP contribution in [0.15, 0.2) is 29.8 Å². The Balaban J connectivity index is 2.30. The first-order valence-corrected chi connectivity index (χ1v) is 7.73. The summed E-state index contributed by atoms with van der Waals surface area (Å²) in [6.45, 7) is 6.49. The molecule has 108 valence electrons. The van der Waals surface area contributed by atoms with Gasteiger partial charge in [-0.15, -0.1) is 0 Å². The van der Waals surface area contributed by atoms with Gasteiger partial charge < -0.3 is 10.6 Å². The molecule has 0 saturated carbocycles. The second kappa shape index (κ2) is 6.51. The van der Waals surface area contributed by atoms with Crippen LogP contribution in [0, 0.1) is 5.92 Å². The summed E-state index contributed by atoms with van der Waals surface area (Å²) >= 11 is 5.23. The average Bonchev–Trinajstić information content (AvgIpc) is 2.81. The van der Waals surface area contributed by atoms with E-state index in [1.165, 1.54) is 22.3 Å². The Morgan fingerprint density at radius 3 is 2.75 bits per heavy atom. The molecule has 1 aliphatic rings. The summed E-state index contributed by atoms with van der Waals surface area (Å²) in [6, 6.07) is 8.64. The number of hydrogen-bond acceptors (Lipinski definition) is 2. The minimum Gasteiger partial charge on any atom is -0.393 e. The van der Waals surface area contributed by atoms with Crippen LogP contribution in [0.25, 0.3) is 5.57 Å². The molecule has 2 rings (SSSR count). The highest BCUT2D eigenvalue weighted by Gasteiger charge is 2.26. The lowest BCUT2D eigenvalue weighted by Gasteiger charge is -2.18. The van der Waals surface area contributed by atoms with Crippen molar-refractivity contribution in [1.29, 1.82) is 0 Å². The molecule has 0 bridgehead atoms. The maximum Gasteiger partial charge on any atom is 0.0800 e. The topological polar surface area (TPSA) is 29.3 Å². The fourth-order valence-corrected chi connectivity index (χ4v) is 2.96. The third-order valence-corrected chi connectivity index (χ3v) is 4.64. The van der Waals surface area contributed by atoms with E-state index in [4.69, 9.17) is 18.0 Å². The van der Waals surface area contributed by atoms with Gasteiger partial charge in [-0.05, 0) is 43.1 Å². The second-order valence-corrected chi connectivity index (χ2v) is 6.09. The van der Waals surface area contributed by atoms with Crippen LogP contribution >= 0.6 is 12.2 Å². The van der Waals surface area contributed by atoms with Gasteiger partial charge in [0.1, 0.15) is 0 Å². The third-order valence-electron chi connectivity index (χ3n) is 4.29. The molecule has 20 heavy (non-hydrogen) atoms. The molecule has 1 unspecified atom stereocenters. The summed E-state index contributed by atoms with van der Waals surface area (Å²) in [5.74, 6) is 0.163. The van der Waals surface area contributed by atoms with Gasteiger partial charge in [0, 0.05) is 12.5 Å². The predicted molar refractivity (Wildman–Crippen MR) is 90.8 cm³/mol. The fourth-order valence-electron chi connectivity index (χ4n) is 2.84. The fraction of sp³-hybridized carbons (Fsp3) is 0.471. The van der Waals surface area contributed by atoms with E-state index in [0.29, 0.717) is 4.99 Å². The van der Waals surface area contributed by atoms with Crippen molar-refractivity contribution >= 4 is 22.8 Å². The van der Waals surface area contributed by atoms with Crippen molar-refractivity contribution in [1.82, 2.24) is 4.90 Å². The maximum absolute atomic E-state index is 5.90. The largest absolute Gasteiger partial charge is 0.393 e. The van der Waals surface area contributed by atoms with E-state index in [1.807, 2.05) is 0 Å². The summed E-state index contributed by atoms with van der Waals surface area (Å²) < 4.78 is 0. The summed E-state index contributed by atoms with van der Waals surface area (Å²) in [6.07, 6.45) is 2.15. The van der Waals surface area contributed by atoms with E-state index in [-0.39, 0.29) is 5.92 Å². The normalized spacial score (nSPS) is 15.6. The number of hydrogen-bond donors (Lipinski definition) is 1. The minimum atomic E-state index is 0.163. The molecule has 1 aromatic rings. The quantitative estimate of drug-likeness (QED) is 0.815. The predicted octanol–water partition coefficient (Wildman–Crippen LogP) is 3.26. The van der Waals surface area contributed by atoms with Crippen molar-refractivity contribution in [3.05, 3.63) is 41.0 Å². The molecule has 0 amide bonds. The van der Waals surface area contributed by atoms with E-state index in [0.717, 1.165) is 25.9 Å². The van der Waals surface area contributed by atoms with E-state index in [1.54, 1.807) is 0 Å². The van der Waals surface area contributed by atoms with Crippen molar-refractivity contribution in [2.45, 2.75) is 26.7 Å². The molecule has 0 fully saturated rings. The molecule has 0 spiro atoms. The van der Waals surface area contributed by atoms with E-state index < -0.39 is 0 Å². The lowest BCUT2D eigenvalue weighted by Crippen LogP contribution is -2.21. The number of fused-ring (bicyclic) bond motifs is 1. The average molecular weight is 288 g/mol. The van der Waals surface area contributed by atoms with Crippen LogP contribution < -0.4 is 5.73 Å². The number of benzene rings is 1. The van der Waals surface area contributed by atoms with Crippen molar-refractivity contribution in [3.63, 3.8) is 0 Å². The monoisotopic (exact) mass is 288 g/mol. The summed E-state index contributed by atoms with van der Waals surface area (Å²) in [5, 5.41) is 0. The zero-order valence-electron chi connectivity index (χ0n) is 12.6. The van der Waals surface area contributed by atoms with Crippen LogP contribution in [0.5, 0.6) is 0 Å². The third kappa shape index (κ3) is 3.10. The number of thiocarbonyl (C=S) groups is 1. The van der Waals surface area contributed by atoms with Crippen LogP contribution in [0.4, 0.5) is 0 Å². The molecular formula is C17H24N2S. The highest BCUT2D eigenvalue weighted by molar-refractivity contribution is 7.80. The Labute approximate surface area is 127 Å². The maximum atomic E-state index is 5.90. The summed E-state index contributed by atoms with van der Waals surface area (Å²) in [5.41, 5.74) is 11.5. The number of nitrogens with two attached hydrogens (primary N) is 1. The lowest BCUT2D eigenvalue weighted by atomic mass is 9.92. The van der Waals surface area contributed by atoms with Gasteiger partial charge in [-0.1, -0.05) is 55.9 Å².